The maximum Gasteiger partial charge on any atom is 0.261 e. The smallest absolute Gasteiger partial charge is 0.261 e. The summed E-state index contributed by atoms with van der Waals surface area (Å²) in [5.74, 6) is 0.0579. The second kappa shape index (κ2) is 6.86. The van der Waals surface area contributed by atoms with E-state index in [9.17, 15) is 13.2 Å². The van der Waals surface area contributed by atoms with Crippen molar-refractivity contribution in [3.05, 3.63) is 52.0 Å². The van der Waals surface area contributed by atoms with Gasteiger partial charge in [0, 0.05) is 18.7 Å². The number of carbonyl (C=O) groups is 1. The molecule has 8 heteroatoms. The molecule has 2 aromatic carbocycles. The molecule has 0 bridgehead atoms. The summed E-state index contributed by atoms with van der Waals surface area (Å²) < 4.78 is 27.7. The number of sulfonamides is 1. The van der Waals surface area contributed by atoms with Gasteiger partial charge in [0.15, 0.2) is 0 Å². The fourth-order valence-corrected chi connectivity index (χ4v) is 4.35. The fraction of sp³-hybridized carbons (Fsp3) is 0.235. The summed E-state index contributed by atoms with van der Waals surface area (Å²) in [7, 11) is -3.83. The van der Waals surface area contributed by atoms with Crippen molar-refractivity contribution in [2.24, 2.45) is 0 Å². The first-order chi connectivity index (χ1) is 11.8. The number of aryl methyl sites for hydroxylation is 1. The van der Waals surface area contributed by atoms with Crippen LogP contribution in [0, 0.1) is 6.92 Å². The molecule has 25 heavy (non-hydrogen) atoms. The lowest BCUT2D eigenvalue weighted by Gasteiger charge is -2.19. The highest BCUT2D eigenvalue weighted by molar-refractivity contribution is 7.92. The fourth-order valence-electron chi connectivity index (χ4n) is 2.79. The third kappa shape index (κ3) is 3.61. The van der Waals surface area contributed by atoms with Crippen molar-refractivity contribution >= 4 is 50.5 Å². The minimum Gasteiger partial charge on any atom is -0.312 e. The summed E-state index contributed by atoms with van der Waals surface area (Å²) in [4.78, 5) is 13.7. The molecule has 1 fully saturated rings. The summed E-state index contributed by atoms with van der Waals surface area (Å²) >= 11 is 12.0. The summed E-state index contributed by atoms with van der Waals surface area (Å²) in [5, 5.41) is 0.407. The zero-order valence-corrected chi connectivity index (χ0v) is 15.7. The Labute approximate surface area is 156 Å². The van der Waals surface area contributed by atoms with Gasteiger partial charge in [0.25, 0.3) is 10.0 Å². The van der Waals surface area contributed by atoms with Crippen molar-refractivity contribution in [3.63, 3.8) is 0 Å². The van der Waals surface area contributed by atoms with Crippen LogP contribution in [0.4, 0.5) is 11.4 Å². The van der Waals surface area contributed by atoms with Crippen LogP contribution in [0.25, 0.3) is 0 Å². The van der Waals surface area contributed by atoms with E-state index in [2.05, 4.69) is 4.72 Å². The molecule has 5 nitrogen and oxygen atoms in total. The van der Waals surface area contributed by atoms with Crippen molar-refractivity contribution in [2.75, 3.05) is 16.2 Å². The van der Waals surface area contributed by atoms with Crippen molar-refractivity contribution in [1.29, 1.82) is 0 Å². The van der Waals surface area contributed by atoms with Gasteiger partial charge < -0.3 is 4.90 Å². The van der Waals surface area contributed by atoms with Gasteiger partial charge in [0.05, 0.1) is 20.6 Å². The summed E-state index contributed by atoms with van der Waals surface area (Å²) in [6, 6.07) is 9.41. The van der Waals surface area contributed by atoms with Crippen LogP contribution in [0.5, 0.6) is 0 Å². The molecule has 0 radical (unpaired) electrons. The lowest BCUT2D eigenvalue weighted by molar-refractivity contribution is -0.117. The van der Waals surface area contributed by atoms with E-state index in [-0.39, 0.29) is 26.5 Å². The van der Waals surface area contributed by atoms with Crippen molar-refractivity contribution in [2.45, 2.75) is 24.7 Å². The number of rotatable bonds is 4. The van der Waals surface area contributed by atoms with E-state index in [0.717, 1.165) is 17.7 Å². The van der Waals surface area contributed by atoms with Gasteiger partial charge in [-0.15, -0.1) is 0 Å². The van der Waals surface area contributed by atoms with E-state index in [0.29, 0.717) is 13.0 Å². The molecule has 1 aliphatic heterocycles. The summed E-state index contributed by atoms with van der Waals surface area (Å²) in [5.41, 5.74) is 1.67. The number of anilines is 2. The second-order valence-electron chi connectivity index (χ2n) is 5.80. The molecule has 0 atom stereocenters. The molecule has 0 aliphatic carbocycles. The average Bonchev–Trinajstić information content (AvgIpc) is 2.97. The molecular formula is C17H16Cl2N2O3S. The van der Waals surface area contributed by atoms with Gasteiger partial charge in [0.1, 0.15) is 0 Å². The topological polar surface area (TPSA) is 66.5 Å². The van der Waals surface area contributed by atoms with Crippen LogP contribution in [0.3, 0.4) is 0 Å². The second-order valence-corrected chi connectivity index (χ2v) is 8.27. The Morgan fingerprint density at radius 3 is 2.56 bits per heavy atom. The van der Waals surface area contributed by atoms with Crippen LogP contribution < -0.4 is 9.62 Å². The number of amides is 1. The van der Waals surface area contributed by atoms with Gasteiger partial charge in [-0.2, -0.15) is 0 Å². The third-order valence-corrected chi connectivity index (χ3v) is 6.22. The van der Waals surface area contributed by atoms with Gasteiger partial charge in [0.2, 0.25) is 5.91 Å². The Balaban J connectivity index is 1.91. The van der Waals surface area contributed by atoms with Crippen molar-refractivity contribution in [3.8, 4) is 0 Å². The van der Waals surface area contributed by atoms with Gasteiger partial charge >= 0.3 is 0 Å². The Hall–Kier alpha value is -1.76. The standard InChI is InChI=1S/C17H16Cl2N2O3S/c1-11-10-12(7-8-15(11)21-9-3-6-16(21)22)25(23,24)20-14-5-2-4-13(18)17(14)19/h2,4-5,7-8,10,20H,3,6,9H2,1H3. The molecule has 1 aliphatic rings. The van der Waals surface area contributed by atoms with E-state index in [4.69, 9.17) is 23.2 Å². The highest BCUT2D eigenvalue weighted by Gasteiger charge is 2.24. The van der Waals surface area contributed by atoms with Crippen LogP contribution >= 0.6 is 23.2 Å². The first-order valence-electron chi connectivity index (χ1n) is 7.67. The zero-order chi connectivity index (χ0) is 18.2. The predicted molar refractivity (Wildman–Crippen MR) is 100 cm³/mol. The Morgan fingerprint density at radius 2 is 1.92 bits per heavy atom. The molecule has 0 saturated carbocycles. The molecule has 1 heterocycles. The van der Waals surface area contributed by atoms with Gasteiger partial charge in [-0.1, -0.05) is 29.3 Å². The van der Waals surface area contributed by atoms with Crippen LogP contribution in [-0.2, 0) is 14.8 Å². The van der Waals surface area contributed by atoms with Crippen LogP contribution in [0.2, 0.25) is 10.0 Å². The molecule has 2 aromatic rings. The Bertz CT molecular complexity index is 945. The first-order valence-corrected chi connectivity index (χ1v) is 9.91. The van der Waals surface area contributed by atoms with Gasteiger partial charge in [-0.05, 0) is 49.2 Å². The SMILES string of the molecule is Cc1cc(S(=O)(=O)Nc2cccc(Cl)c2Cl)ccc1N1CCCC1=O. The third-order valence-electron chi connectivity index (χ3n) is 4.04. The molecule has 132 valence electrons. The van der Waals surface area contributed by atoms with E-state index in [1.54, 1.807) is 36.1 Å². The lowest BCUT2D eigenvalue weighted by atomic mass is 10.2. The molecule has 1 N–H and O–H groups in total. The molecule has 0 aromatic heterocycles. The van der Waals surface area contributed by atoms with E-state index >= 15 is 0 Å². The Morgan fingerprint density at radius 1 is 1.16 bits per heavy atom. The predicted octanol–water partition coefficient (Wildman–Crippen LogP) is 4.23. The lowest BCUT2D eigenvalue weighted by Crippen LogP contribution is -2.24. The van der Waals surface area contributed by atoms with Crippen LogP contribution in [0.1, 0.15) is 18.4 Å². The van der Waals surface area contributed by atoms with Crippen molar-refractivity contribution < 1.29 is 13.2 Å². The first kappa shape index (κ1) is 18.0. The van der Waals surface area contributed by atoms with E-state index in [1.807, 2.05) is 0 Å². The van der Waals surface area contributed by atoms with Crippen LogP contribution in [-0.4, -0.2) is 20.9 Å². The Kier molecular flexibility index (Phi) is 4.95. The number of benzene rings is 2. The normalized spacial score (nSPS) is 14.8. The van der Waals surface area contributed by atoms with Gasteiger partial charge in [-0.25, -0.2) is 8.42 Å². The molecule has 3 rings (SSSR count). The number of halogens is 2. The van der Waals surface area contributed by atoms with E-state index < -0.39 is 10.0 Å². The average molecular weight is 399 g/mol. The highest BCUT2D eigenvalue weighted by Crippen LogP contribution is 2.32. The summed E-state index contributed by atoms with van der Waals surface area (Å²) in [6.45, 7) is 2.44. The number of nitrogens with zero attached hydrogens (tertiary/aromatic N) is 1. The number of hydrogen-bond acceptors (Lipinski definition) is 3. The monoisotopic (exact) mass is 398 g/mol. The molecular weight excluding hydrogens is 383 g/mol. The highest BCUT2D eigenvalue weighted by atomic mass is 35.5. The van der Waals surface area contributed by atoms with Crippen LogP contribution in [0.15, 0.2) is 41.3 Å². The maximum atomic E-state index is 12.6. The number of nitrogens with one attached hydrogen (secondary N) is 1. The molecule has 0 spiro atoms. The number of hydrogen-bond donors (Lipinski definition) is 1. The molecule has 0 unspecified atom stereocenters. The minimum absolute atomic E-state index is 0.0579. The quantitative estimate of drug-likeness (QED) is 0.837. The number of carbonyl (C=O) groups excluding carboxylic acids is 1. The minimum atomic E-state index is -3.83. The maximum absolute atomic E-state index is 12.6. The largest absolute Gasteiger partial charge is 0.312 e. The molecule has 1 amide bonds. The zero-order valence-electron chi connectivity index (χ0n) is 13.4. The van der Waals surface area contributed by atoms with Gasteiger partial charge in [-0.3, -0.25) is 9.52 Å². The summed E-state index contributed by atoms with van der Waals surface area (Å²) in [6.07, 6.45) is 1.33. The van der Waals surface area contributed by atoms with Crippen molar-refractivity contribution in [1.82, 2.24) is 0 Å². The molecule has 1 saturated heterocycles. The van der Waals surface area contributed by atoms with E-state index in [1.165, 1.54) is 12.1 Å².